The zero-order chi connectivity index (χ0) is 12.8. The highest BCUT2D eigenvalue weighted by atomic mass is 32.2. The minimum absolute atomic E-state index is 0.335. The summed E-state index contributed by atoms with van der Waals surface area (Å²) in [5, 5.41) is -1.62. The van der Waals surface area contributed by atoms with Gasteiger partial charge in [0, 0.05) is 6.54 Å². The first-order valence-electron chi connectivity index (χ1n) is 5.00. The lowest BCUT2D eigenvalue weighted by atomic mass is 10.0. The number of rotatable bonds is 8. The van der Waals surface area contributed by atoms with Crippen LogP contribution in [-0.4, -0.2) is 43.1 Å². The lowest BCUT2D eigenvalue weighted by Crippen LogP contribution is -2.46. The van der Waals surface area contributed by atoms with Crippen LogP contribution in [0.5, 0.6) is 0 Å². The van der Waals surface area contributed by atoms with Crippen LogP contribution in [0.25, 0.3) is 0 Å². The number of carbonyl (C=O) groups is 1. The van der Waals surface area contributed by atoms with Crippen LogP contribution < -0.4 is 17.2 Å². The molecule has 96 valence electrons. The standard InChI is InChI=1S/C8H19N3O4S/c9-4-2-1-3-6(11)8(12)7(5-10)16(13,14)15/h6-7H,1-5,9-11H2,(H,13,14,15). The molecule has 0 bridgehead atoms. The van der Waals surface area contributed by atoms with Crippen molar-refractivity contribution >= 4 is 15.9 Å². The van der Waals surface area contributed by atoms with E-state index in [4.69, 9.17) is 21.8 Å². The minimum atomic E-state index is -4.47. The van der Waals surface area contributed by atoms with Crippen molar-refractivity contribution in [3.63, 3.8) is 0 Å². The summed E-state index contributed by atoms with van der Waals surface area (Å²) < 4.78 is 30.4. The van der Waals surface area contributed by atoms with Crippen molar-refractivity contribution < 1.29 is 17.8 Å². The normalized spacial score (nSPS) is 15.8. The van der Waals surface area contributed by atoms with Crippen LogP contribution in [0.2, 0.25) is 0 Å². The van der Waals surface area contributed by atoms with Gasteiger partial charge in [0.2, 0.25) is 0 Å². The lowest BCUT2D eigenvalue weighted by Gasteiger charge is -2.15. The molecule has 7 nitrogen and oxygen atoms in total. The maximum absolute atomic E-state index is 11.5. The number of ketones is 1. The molecular formula is C8H19N3O4S. The van der Waals surface area contributed by atoms with Gasteiger partial charge in [-0.05, 0) is 19.4 Å². The van der Waals surface area contributed by atoms with Crippen LogP contribution in [0.15, 0.2) is 0 Å². The molecule has 0 rings (SSSR count). The fourth-order valence-corrected chi connectivity index (χ4v) is 1.99. The predicted octanol–water partition coefficient (Wildman–Crippen LogP) is -1.77. The fraction of sp³-hybridized carbons (Fsp3) is 0.875. The van der Waals surface area contributed by atoms with Gasteiger partial charge in [0.1, 0.15) is 0 Å². The molecule has 0 fully saturated rings. The first-order valence-corrected chi connectivity index (χ1v) is 6.50. The van der Waals surface area contributed by atoms with Gasteiger partial charge in [0.15, 0.2) is 11.0 Å². The molecule has 0 aliphatic heterocycles. The van der Waals surface area contributed by atoms with Crippen molar-refractivity contribution in [1.29, 1.82) is 0 Å². The van der Waals surface area contributed by atoms with Gasteiger partial charge in [-0.2, -0.15) is 8.42 Å². The monoisotopic (exact) mass is 253 g/mol. The maximum atomic E-state index is 11.5. The molecule has 8 heteroatoms. The Balaban J connectivity index is 4.40. The van der Waals surface area contributed by atoms with Gasteiger partial charge < -0.3 is 17.2 Å². The highest BCUT2D eigenvalue weighted by Gasteiger charge is 2.32. The summed E-state index contributed by atoms with van der Waals surface area (Å²) in [5.41, 5.74) is 15.9. The third kappa shape index (κ3) is 4.99. The van der Waals surface area contributed by atoms with E-state index in [-0.39, 0.29) is 0 Å². The summed E-state index contributed by atoms with van der Waals surface area (Å²) in [6, 6.07) is -0.929. The molecule has 0 radical (unpaired) electrons. The molecule has 16 heavy (non-hydrogen) atoms. The van der Waals surface area contributed by atoms with Gasteiger partial charge in [0.05, 0.1) is 6.04 Å². The smallest absolute Gasteiger partial charge is 0.276 e. The topological polar surface area (TPSA) is 149 Å². The Kier molecular flexibility index (Phi) is 6.68. The summed E-state index contributed by atoms with van der Waals surface area (Å²) in [5.74, 6) is -0.748. The van der Waals surface area contributed by atoms with Crippen molar-refractivity contribution in [2.75, 3.05) is 13.1 Å². The Bertz CT molecular complexity index is 317. The van der Waals surface area contributed by atoms with E-state index >= 15 is 0 Å². The average Bonchev–Trinajstić information content (AvgIpc) is 2.16. The minimum Gasteiger partial charge on any atom is -0.330 e. The molecule has 0 aromatic heterocycles. The van der Waals surface area contributed by atoms with Gasteiger partial charge in [-0.1, -0.05) is 6.42 Å². The Hall–Kier alpha value is -0.540. The van der Waals surface area contributed by atoms with Gasteiger partial charge >= 0.3 is 0 Å². The lowest BCUT2D eigenvalue weighted by molar-refractivity contribution is -0.120. The molecule has 0 heterocycles. The van der Waals surface area contributed by atoms with E-state index in [2.05, 4.69) is 0 Å². The molecule has 0 aromatic rings. The largest absolute Gasteiger partial charge is 0.330 e. The van der Waals surface area contributed by atoms with Gasteiger partial charge in [-0.15, -0.1) is 0 Å². The molecule has 0 saturated heterocycles. The highest BCUT2D eigenvalue weighted by Crippen LogP contribution is 2.06. The second-order valence-corrected chi connectivity index (χ2v) is 5.13. The van der Waals surface area contributed by atoms with Gasteiger partial charge in [-0.25, -0.2) is 0 Å². The molecule has 0 amide bonds. The SMILES string of the molecule is NCCCCC(N)C(=O)C(CN)S(=O)(=O)O. The molecule has 2 atom stereocenters. The van der Waals surface area contributed by atoms with Crippen LogP contribution in [0.3, 0.4) is 0 Å². The Morgan fingerprint density at radius 3 is 2.19 bits per heavy atom. The van der Waals surface area contributed by atoms with E-state index in [1.54, 1.807) is 0 Å². The number of carbonyl (C=O) groups excluding carboxylic acids is 1. The van der Waals surface area contributed by atoms with E-state index in [1.165, 1.54) is 0 Å². The van der Waals surface area contributed by atoms with Crippen LogP contribution >= 0.6 is 0 Å². The van der Waals surface area contributed by atoms with E-state index in [1.807, 2.05) is 0 Å². The molecule has 0 aliphatic carbocycles. The quantitative estimate of drug-likeness (QED) is 0.295. The second-order valence-electron chi connectivity index (χ2n) is 3.53. The molecule has 0 saturated carbocycles. The van der Waals surface area contributed by atoms with E-state index in [9.17, 15) is 13.2 Å². The average molecular weight is 253 g/mol. The Morgan fingerprint density at radius 2 is 1.81 bits per heavy atom. The van der Waals surface area contributed by atoms with Crippen LogP contribution in [0.1, 0.15) is 19.3 Å². The molecule has 0 spiro atoms. The van der Waals surface area contributed by atoms with E-state index < -0.39 is 33.7 Å². The maximum Gasteiger partial charge on any atom is 0.276 e. The fourth-order valence-electron chi connectivity index (χ4n) is 1.27. The number of hydrogen-bond donors (Lipinski definition) is 4. The van der Waals surface area contributed by atoms with E-state index in [0.717, 1.165) is 0 Å². The summed E-state index contributed by atoms with van der Waals surface area (Å²) in [6.07, 6.45) is 1.67. The van der Waals surface area contributed by atoms with Gasteiger partial charge in [0.25, 0.3) is 10.1 Å². The summed E-state index contributed by atoms with van der Waals surface area (Å²) in [4.78, 5) is 11.5. The molecule has 7 N–H and O–H groups in total. The third-order valence-corrected chi connectivity index (χ3v) is 3.37. The molecule has 0 aromatic carbocycles. The number of hydrogen-bond acceptors (Lipinski definition) is 6. The first kappa shape index (κ1) is 15.5. The zero-order valence-electron chi connectivity index (χ0n) is 9.00. The number of nitrogens with two attached hydrogens (primary N) is 3. The molecular weight excluding hydrogens is 234 g/mol. The Labute approximate surface area is 95.1 Å². The predicted molar refractivity (Wildman–Crippen MR) is 60.3 cm³/mol. The van der Waals surface area contributed by atoms with Crippen molar-refractivity contribution in [3.8, 4) is 0 Å². The Morgan fingerprint density at radius 1 is 1.25 bits per heavy atom. The summed E-state index contributed by atoms with van der Waals surface area (Å²) in [7, 11) is -4.47. The second kappa shape index (κ2) is 6.92. The van der Waals surface area contributed by atoms with Crippen molar-refractivity contribution in [3.05, 3.63) is 0 Å². The zero-order valence-corrected chi connectivity index (χ0v) is 9.82. The number of unbranched alkanes of at least 4 members (excludes halogenated alkanes) is 1. The van der Waals surface area contributed by atoms with E-state index in [0.29, 0.717) is 25.8 Å². The third-order valence-electron chi connectivity index (χ3n) is 2.23. The molecule has 2 unspecified atom stereocenters. The van der Waals surface area contributed by atoms with Crippen molar-refractivity contribution in [1.82, 2.24) is 0 Å². The summed E-state index contributed by atoms with van der Waals surface area (Å²) in [6.45, 7) is 0.0157. The van der Waals surface area contributed by atoms with Gasteiger partial charge in [-0.3, -0.25) is 9.35 Å². The molecule has 0 aliphatic rings. The van der Waals surface area contributed by atoms with Crippen molar-refractivity contribution in [2.45, 2.75) is 30.6 Å². The van der Waals surface area contributed by atoms with Crippen LogP contribution in [0.4, 0.5) is 0 Å². The van der Waals surface area contributed by atoms with Crippen LogP contribution in [-0.2, 0) is 14.9 Å². The highest BCUT2D eigenvalue weighted by molar-refractivity contribution is 7.87. The number of Topliss-reactive ketones (excluding diaryl/α,β-unsaturated/α-hetero) is 1. The first-order chi connectivity index (χ1) is 7.34. The van der Waals surface area contributed by atoms with Crippen LogP contribution in [0, 0.1) is 0 Å². The summed E-state index contributed by atoms with van der Waals surface area (Å²) >= 11 is 0. The van der Waals surface area contributed by atoms with Crippen molar-refractivity contribution in [2.24, 2.45) is 17.2 Å².